The van der Waals surface area contributed by atoms with Crippen molar-refractivity contribution in [1.82, 2.24) is 10.2 Å². The number of nitrogens with zero attached hydrogens (tertiary/aromatic N) is 1. The van der Waals surface area contributed by atoms with Crippen LogP contribution in [0.3, 0.4) is 0 Å². The standard InChI is InChI=1S/C15H22ClN3O3.2ClH/c1-21-13-10-12(14(22-2)9-11(13)16)18-15(20)3-6-19-7-4-17-5-8-19;;/h9-10,17H,3-8H2,1-2H3,(H,18,20);2*1H. The van der Waals surface area contributed by atoms with Crippen molar-refractivity contribution < 1.29 is 14.3 Å². The molecule has 0 bridgehead atoms. The molecule has 24 heavy (non-hydrogen) atoms. The summed E-state index contributed by atoms with van der Waals surface area (Å²) in [6.07, 6.45) is 0.439. The minimum absolute atomic E-state index is 0. The van der Waals surface area contributed by atoms with Crippen molar-refractivity contribution in [3.8, 4) is 11.5 Å². The molecule has 1 amide bonds. The predicted octanol–water partition coefficient (Wildman–Crippen LogP) is 2.43. The van der Waals surface area contributed by atoms with Crippen LogP contribution in [0.15, 0.2) is 12.1 Å². The van der Waals surface area contributed by atoms with Gasteiger partial charge in [0.05, 0.1) is 24.9 Å². The van der Waals surface area contributed by atoms with E-state index in [1.54, 1.807) is 12.1 Å². The van der Waals surface area contributed by atoms with Crippen LogP contribution in [0.5, 0.6) is 11.5 Å². The minimum atomic E-state index is -0.0544. The highest BCUT2D eigenvalue weighted by molar-refractivity contribution is 6.32. The number of nitrogens with one attached hydrogen (secondary N) is 2. The first-order chi connectivity index (χ1) is 10.6. The number of carbonyl (C=O) groups excluding carboxylic acids is 1. The number of carbonyl (C=O) groups is 1. The molecule has 1 aliphatic rings. The topological polar surface area (TPSA) is 62.8 Å². The van der Waals surface area contributed by atoms with E-state index in [0.717, 1.165) is 32.7 Å². The van der Waals surface area contributed by atoms with E-state index in [9.17, 15) is 4.79 Å². The molecule has 2 N–H and O–H groups in total. The summed E-state index contributed by atoms with van der Waals surface area (Å²) in [5.41, 5.74) is 0.564. The van der Waals surface area contributed by atoms with Gasteiger partial charge in [-0.15, -0.1) is 24.8 Å². The molecule has 1 aromatic rings. The molecule has 1 fully saturated rings. The molecule has 138 valence electrons. The molecule has 1 aliphatic heterocycles. The van der Waals surface area contributed by atoms with E-state index in [4.69, 9.17) is 21.1 Å². The lowest BCUT2D eigenvalue weighted by molar-refractivity contribution is -0.116. The number of hydrogen-bond donors (Lipinski definition) is 2. The summed E-state index contributed by atoms with van der Waals surface area (Å²) in [6, 6.07) is 3.30. The van der Waals surface area contributed by atoms with Crippen LogP contribution in [0.4, 0.5) is 5.69 Å². The van der Waals surface area contributed by atoms with Gasteiger partial charge in [-0.05, 0) is 0 Å². The third-order valence-electron chi connectivity index (χ3n) is 3.61. The van der Waals surface area contributed by atoms with Gasteiger partial charge in [-0.2, -0.15) is 0 Å². The maximum absolute atomic E-state index is 12.1. The number of amides is 1. The number of rotatable bonds is 6. The van der Waals surface area contributed by atoms with Crippen molar-refractivity contribution in [1.29, 1.82) is 0 Å². The van der Waals surface area contributed by atoms with Gasteiger partial charge in [-0.3, -0.25) is 4.79 Å². The molecule has 9 heteroatoms. The summed E-state index contributed by atoms with van der Waals surface area (Å²) < 4.78 is 10.4. The highest BCUT2D eigenvalue weighted by Crippen LogP contribution is 2.35. The summed E-state index contributed by atoms with van der Waals surface area (Å²) in [7, 11) is 3.07. The molecule has 0 saturated carbocycles. The second-order valence-corrected chi connectivity index (χ2v) is 5.48. The van der Waals surface area contributed by atoms with Crippen molar-refractivity contribution in [3.63, 3.8) is 0 Å². The number of piperazine rings is 1. The van der Waals surface area contributed by atoms with E-state index >= 15 is 0 Å². The Balaban J connectivity index is 0.00000264. The third-order valence-corrected chi connectivity index (χ3v) is 3.91. The summed E-state index contributed by atoms with van der Waals surface area (Å²) in [6.45, 7) is 4.66. The molecule has 1 heterocycles. The van der Waals surface area contributed by atoms with E-state index in [-0.39, 0.29) is 30.7 Å². The van der Waals surface area contributed by atoms with Crippen LogP contribution in [0.1, 0.15) is 6.42 Å². The quantitative estimate of drug-likeness (QED) is 0.768. The van der Waals surface area contributed by atoms with Gasteiger partial charge in [0.25, 0.3) is 0 Å². The van der Waals surface area contributed by atoms with Gasteiger partial charge in [-0.1, -0.05) is 11.6 Å². The number of hydrogen-bond acceptors (Lipinski definition) is 5. The molecule has 2 rings (SSSR count). The summed E-state index contributed by atoms with van der Waals surface area (Å²) in [4.78, 5) is 14.4. The van der Waals surface area contributed by atoms with E-state index in [2.05, 4.69) is 15.5 Å². The summed E-state index contributed by atoms with van der Waals surface area (Å²) >= 11 is 6.05. The van der Waals surface area contributed by atoms with Crippen LogP contribution >= 0.6 is 36.4 Å². The van der Waals surface area contributed by atoms with E-state index in [1.807, 2.05) is 0 Å². The molecule has 0 unspecified atom stereocenters. The molecular weight excluding hydrogens is 377 g/mol. The largest absolute Gasteiger partial charge is 0.495 e. The van der Waals surface area contributed by atoms with Crippen LogP contribution < -0.4 is 20.1 Å². The van der Waals surface area contributed by atoms with Gasteiger partial charge in [0.2, 0.25) is 5.91 Å². The van der Waals surface area contributed by atoms with Gasteiger partial charge >= 0.3 is 0 Å². The lowest BCUT2D eigenvalue weighted by Gasteiger charge is -2.26. The fourth-order valence-electron chi connectivity index (χ4n) is 2.37. The number of halogens is 3. The molecule has 0 aliphatic carbocycles. The van der Waals surface area contributed by atoms with Crippen molar-refractivity contribution in [3.05, 3.63) is 17.2 Å². The van der Waals surface area contributed by atoms with Gasteiger partial charge in [0.1, 0.15) is 11.5 Å². The molecule has 6 nitrogen and oxygen atoms in total. The molecule has 0 radical (unpaired) electrons. The Morgan fingerprint density at radius 3 is 2.42 bits per heavy atom. The highest BCUT2D eigenvalue weighted by Gasteiger charge is 2.14. The van der Waals surface area contributed by atoms with Gasteiger partial charge in [0.15, 0.2) is 0 Å². The average Bonchev–Trinajstić information content (AvgIpc) is 2.55. The first-order valence-corrected chi connectivity index (χ1v) is 7.66. The summed E-state index contributed by atoms with van der Waals surface area (Å²) in [5, 5.41) is 6.59. The zero-order valence-electron chi connectivity index (χ0n) is 13.8. The van der Waals surface area contributed by atoms with E-state index in [0.29, 0.717) is 28.6 Å². The second-order valence-electron chi connectivity index (χ2n) is 5.08. The zero-order valence-corrected chi connectivity index (χ0v) is 16.2. The lowest BCUT2D eigenvalue weighted by atomic mass is 10.2. The fraction of sp³-hybridized carbons (Fsp3) is 0.533. The molecule has 1 aromatic carbocycles. The summed E-state index contributed by atoms with van der Waals surface area (Å²) in [5.74, 6) is 0.961. The lowest BCUT2D eigenvalue weighted by Crippen LogP contribution is -2.44. The first kappa shape index (κ1) is 23.1. The Bertz CT molecular complexity index is 526. The number of ether oxygens (including phenoxy) is 2. The zero-order chi connectivity index (χ0) is 15.9. The smallest absolute Gasteiger partial charge is 0.225 e. The van der Waals surface area contributed by atoms with Crippen LogP contribution in [0, 0.1) is 0 Å². The van der Waals surface area contributed by atoms with Gasteiger partial charge in [-0.25, -0.2) is 0 Å². The van der Waals surface area contributed by atoms with Crippen LogP contribution in [-0.2, 0) is 4.79 Å². The number of benzene rings is 1. The SMILES string of the molecule is COc1cc(NC(=O)CCN2CCNCC2)c(OC)cc1Cl.Cl.Cl. The normalized spacial score (nSPS) is 14.1. The monoisotopic (exact) mass is 399 g/mol. The average molecular weight is 401 g/mol. The van der Waals surface area contributed by atoms with Gasteiger partial charge in [0, 0.05) is 51.3 Å². The molecule has 0 aromatic heterocycles. The Labute approximate surface area is 160 Å². The third kappa shape index (κ3) is 6.53. The fourth-order valence-corrected chi connectivity index (χ4v) is 2.60. The van der Waals surface area contributed by atoms with Crippen LogP contribution in [0.2, 0.25) is 5.02 Å². The van der Waals surface area contributed by atoms with Gasteiger partial charge < -0.3 is 25.0 Å². The molecular formula is C15H24Cl3N3O3. The maximum atomic E-state index is 12.1. The Hall–Kier alpha value is -0.920. The van der Waals surface area contributed by atoms with Crippen molar-refractivity contribution in [2.24, 2.45) is 0 Å². The number of anilines is 1. The van der Waals surface area contributed by atoms with Crippen molar-refractivity contribution >= 4 is 48.0 Å². The number of methoxy groups -OCH3 is 2. The van der Waals surface area contributed by atoms with Crippen LogP contribution in [-0.4, -0.2) is 57.8 Å². The Morgan fingerprint density at radius 1 is 1.21 bits per heavy atom. The highest BCUT2D eigenvalue weighted by atomic mass is 35.5. The van der Waals surface area contributed by atoms with Crippen molar-refractivity contribution in [2.45, 2.75) is 6.42 Å². The van der Waals surface area contributed by atoms with E-state index in [1.165, 1.54) is 14.2 Å². The van der Waals surface area contributed by atoms with Crippen LogP contribution in [0.25, 0.3) is 0 Å². The molecule has 0 spiro atoms. The van der Waals surface area contributed by atoms with E-state index < -0.39 is 0 Å². The Kier molecular flexibility index (Phi) is 11.2. The molecule has 0 atom stereocenters. The maximum Gasteiger partial charge on any atom is 0.225 e. The minimum Gasteiger partial charge on any atom is -0.495 e. The second kappa shape index (κ2) is 11.6. The Morgan fingerprint density at radius 2 is 1.83 bits per heavy atom. The first-order valence-electron chi connectivity index (χ1n) is 7.28. The van der Waals surface area contributed by atoms with Crippen molar-refractivity contribution in [2.75, 3.05) is 52.3 Å². The molecule has 1 saturated heterocycles. The predicted molar refractivity (Wildman–Crippen MR) is 102 cm³/mol.